The Kier molecular flexibility index (Phi) is 4.46. The molecule has 1 aromatic heterocycles. The molecule has 0 unspecified atom stereocenters. The molecule has 0 aliphatic heterocycles. The molecule has 124 valence electrons. The zero-order valence-corrected chi connectivity index (χ0v) is 13.3. The van der Waals surface area contributed by atoms with Gasteiger partial charge in [-0.25, -0.2) is 4.68 Å². The van der Waals surface area contributed by atoms with E-state index in [0.29, 0.717) is 18.5 Å². The predicted octanol–water partition coefficient (Wildman–Crippen LogP) is 2.79. The summed E-state index contributed by atoms with van der Waals surface area (Å²) in [5.74, 6) is -2.39. The highest BCUT2D eigenvalue weighted by Gasteiger charge is 2.33. The van der Waals surface area contributed by atoms with Crippen molar-refractivity contribution in [1.82, 2.24) is 9.78 Å². The van der Waals surface area contributed by atoms with Gasteiger partial charge in [-0.1, -0.05) is 12.2 Å². The van der Waals surface area contributed by atoms with E-state index in [4.69, 9.17) is 0 Å². The van der Waals surface area contributed by atoms with Gasteiger partial charge in [-0.2, -0.15) is 5.10 Å². The molecule has 0 radical (unpaired) electrons. The van der Waals surface area contributed by atoms with Gasteiger partial charge in [0.1, 0.15) is 0 Å². The number of amides is 1. The van der Waals surface area contributed by atoms with E-state index in [1.165, 1.54) is 0 Å². The molecule has 2 N–H and O–H groups in total. The number of carbonyl (C=O) groups excluding carboxylic acids is 1. The lowest BCUT2D eigenvalue weighted by Gasteiger charge is -2.24. The van der Waals surface area contributed by atoms with Crippen LogP contribution in [-0.2, 0) is 9.59 Å². The smallest absolute Gasteiger partial charge is 0.307 e. The lowest BCUT2D eigenvalue weighted by atomic mass is 9.82. The highest BCUT2D eigenvalue weighted by atomic mass is 16.4. The van der Waals surface area contributed by atoms with Gasteiger partial charge in [0.15, 0.2) is 0 Å². The van der Waals surface area contributed by atoms with E-state index >= 15 is 0 Å². The zero-order valence-electron chi connectivity index (χ0n) is 13.3. The van der Waals surface area contributed by atoms with Crippen LogP contribution in [0.25, 0.3) is 5.69 Å². The number of rotatable bonds is 4. The zero-order chi connectivity index (χ0) is 17.1. The monoisotopic (exact) mass is 325 g/mol. The van der Waals surface area contributed by atoms with Crippen LogP contribution in [0.3, 0.4) is 0 Å². The van der Waals surface area contributed by atoms with Crippen LogP contribution in [0, 0.1) is 18.8 Å². The molecular weight excluding hydrogens is 306 g/mol. The normalized spacial score (nSPS) is 19.9. The first-order valence-corrected chi connectivity index (χ1v) is 7.86. The van der Waals surface area contributed by atoms with Crippen molar-refractivity contribution in [3.8, 4) is 5.69 Å². The lowest BCUT2D eigenvalue weighted by Crippen LogP contribution is -2.34. The Bertz CT molecular complexity index is 777. The SMILES string of the molecule is Cc1ccn(-c2ccc(NC(=O)[C@H]3CC=CC[C@@H]3C(=O)O)cc2)n1. The molecule has 24 heavy (non-hydrogen) atoms. The summed E-state index contributed by atoms with van der Waals surface area (Å²) in [6, 6.07) is 9.21. The van der Waals surface area contributed by atoms with Gasteiger partial charge >= 0.3 is 5.97 Å². The van der Waals surface area contributed by atoms with Crippen molar-refractivity contribution in [3.05, 3.63) is 54.4 Å². The summed E-state index contributed by atoms with van der Waals surface area (Å²) in [5.41, 5.74) is 2.47. The molecule has 6 nitrogen and oxygen atoms in total. The van der Waals surface area contributed by atoms with E-state index in [2.05, 4.69) is 10.4 Å². The van der Waals surface area contributed by atoms with Crippen molar-refractivity contribution in [1.29, 1.82) is 0 Å². The van der Waals surface area contributed by atoms with Crippen molar-refractivity contribution >= 4 is 17.6 Å². The number of aromatic nitrogens is 2. The number of nitrogens with one attached hydrogen (secondary N) is 1. The number of anilines is 1. The predicted molar refractivity (Wildman–Crippen MR) is 89.9 cm³/mol. The van der Waals surface area contributed by atoms with Crippen LogP contribution in [0.1, 0.15) is 18.5 Å². The fourth-order valence-electron chi connectivity index (χ4n) is 2.87. The van der Waals surface area contributed by atoms with Crippen LogP contribution in [0.4, 0.5) is 5.69 Å². The molecule has 0 fully saturated rings. The molecule has 1 aliphatic rings. The van der Waals surface area contributed by atoms with Crippen LogP contribution < -0.4 is 5.32 Å². The summed E-state index contributed by atoms with van der Waals surface area (Å²) in [5, 5.41) is 16.4. The number of allylic oxidation sites excluding steroid dienone is 2. The minimum Gasteiger partial charge on any atom is -0.481 e. The van der Waals surface area contributed by atoms with Crippen molar-refractivity contribution in [2.24, 2.45) is 11.8 Å². The van der Waals surface area contributed by atoms with Crippen LogP contribution in [0.15, 0.2) is 48.7 Å². The quantitative estimate of drug-likeness (QED) is 0.847. The van der Waals surface area contributed by atoms with Crippen LogP contribution in [0.5, 0.6) is 0 Å². The van der Waals surface area contributed by atoms with E-state index in [1.807, 2.05) is 43.5 Å². The molecule has 1 amide bonds. The van der Waals surface area contributed by atoms with Gasteiger partial charge in [-0.15, -0.1) is 0 Å². The third-order valence-corrected chi connectivity index (χ3v) is 4.21. The van der Waals surface area contributed by atoms with Crippen molar-refractivity contribution in [3.63, 3.8) is 0 Å². The number of carbonyl (C=O) groups is 2. The Morgan fingerprint density at radius 3 is 2.38 bits per heavy atom. The fraction of sp³-hybridized carbons (Fsp3) is 0.278. The van der Waals surface area contributed by atoms with Gasteiger partial charge in [-0.3, -0.25) is 9.59 Å². The number of hydrogen-bond donors (Lipinski definition) is 2. The third-order valence-electron chi connectivity index (χ3n) is 4.21. The molecule has 0 spiro atoms. The van der Waals surface area contributed by atoms with E-state index in [9.17, 15) is 14.7 Å². The molecule has 2 aromatic rings. The second kappa shape index (κ2) is 6.70. The number of hydrogen-bond acceptors (Lipinski definition) is 3. The summed E-state index contributed by atoms with van der Waals surface area (Å²) in [6.45, 7) is 1.92. The lowest BCUT2D eigenvalue weighted by molar-refractivity contribution is -0.146. The Morgan fingerprint density at radius 1 is 1.12 bits per heavy atom. The van der Waals surface area contributed by atoms with Gasteiger partial charge in [-0.05, 0) is 50.1 Å². The second-order valence-electron chi connectivity index (χ2n) is 5.93. The maximum absolute atomic E-state index is 12.4. The summed E-state index contributed by atoms with van der Waals surface area (Å²) >= 11 is 0. The molecule has 1 aromatic carbocycles. The van der Waals surface area contributed by atoms with Crippen LogP contribution >= 0.6 is 0 Å². The molecule has 2 atom stereocenters. The molecule has 0 saturated carbocycles. The van der Waals surface area contributed by atoms with Crippen molar-refractivity contribution in [2.45, 2.75) is 19.8 Å². The van der Waals surface area contributed by atoms with E-state index in [-0.39, 0.29) is 5.91 Å². The maximum Gasteiger partial charge on any atom is 0.307 e. The Labute approximate surface area is 139 Å². The van der Waals surface area contributed by atoms with Gasteiger partial charge in [0.2, 0.25) is 5.91 Å². The maximum atomic E-state index is 12.4. The highest BCUT2D eigenvalue weighted by Crippen LogP contribution is 2.27. The number of aliphatic carboxylic acids is 1. The van der Waals surface area contributed by atoms with E-state index in [0.717, 1.165) is 11.4 Å². The van der Waals surface area contributed by atoms with Crippen LogP contribution in [-0.4, -0.2) is 26.8 Å². The molecular formula is C18H19N3O3. The van der Waals surface area contributed by atoms with E-state index in [1.54, 1.807) is 16.8 Å². The molecule has 0 bridgehead atoms. The molecule has 0 saturated heterocycles. The fourth-order valence-corrected chi connectivity index (χ4v) is 2.87. The number of benzene rings is 1. The van der Waals surface area contributed by atoms with Gasteiger partial charge in [0, 0.05) is 11.9 Å². The first-order valence-electron chi connectivity index (χ1n) is 7.86. The Morgan fingerprint density at radius 2 is 1.79 bits per heavy atom. The first-order chi connectivity index (χ1) is 11.5. The summed E-state index contributed by atoms with van der Waals surface area (Å²) < 4.78 is 1.76. The van der Waals surface area contributed by atoms with Gasteiger partial charge in [0.05, 0.1) is 23.2 Å². The third kappa shape index (κ3) is 3.37. The summed E-state index contributed by atoms with van der Waals surface area (Å²) in [4.78, 5) is 23.7. The number of aryl methyl sites for hydroxylation is 1. The minimum atomic E-state index is -0.927. The molecule has 6 heteroatoms. The van der Waals surface area contributed by atoms with Crippen molar-refractivity contribution < 1.29 is 14.7 Å². The number of carboxylic acid groups (broad SMARTS) is 1. The topological polar surface area (TPSA) is 84.2 Å². The Balaban J connectivity index is 1.70. The summed E-state index contributed by atoms with van der Waals surface area (Å²) in [6.07, 6.45) is 6.41. The average Bonchev–Trinajstić information content (AvgIpc) is 3.02. The largest absolute Gasteiger partial charge is 0.481 e. The first kappa shape index (κ1) is 16.0. The van der Waals surface area contributed by atoms with E-state index < -0.39 is 17.8 Å². The number of carboxylic acids is 1. The Hall–Kier alpha value is -2.89. The number of nitrogens with zero attached hydrogens (tertiary/aromatic N) is 2. The average molecular weight is 325 g/mol. The molecule has 3 rings (SSSR count). The minimum absolute atomic E-state index is 0.255. The standard InChI is InChI=1S/C18H19N3O3/c1-12-10-11-21(20-12)14-8-6-13(7-9-14)19-17(22)15-4-2-3-5-16(15)18(23)24/h2-3,6-11,15-16H,4-5H2,1H3,(H,19,22)(H,23,24)/t15-,16-/m0/s1. The van der Waals surface area contributed by atoms with Gasteiger partial charge in [0.25, 0.3) is 0 Å². The highest BCUT2D eigenvalue weighted by molar-refractivity contribution is 5.95. The van der Waals surface area contributed by atoms with Crippen LogP contribution in [0.2, 0.25) is 0 Å². The van der Waals surface area contributed by atoms with Crippen molar-refractivity contribution in [2.75, 3.05) is 5.32 Å². The summed E-state index contributed by atoms with van der Waals surface area (Å²) in [7, 11) is 0. The molecule has 1 heterocycles. The van der Waals surface area contributed by atoms with Gasteiger partial charge < -0.3 is 10.4 Å². The second-order valence-corrected chi connectivity index (χ2v) is 5.93. The molecule has 1 aliphatic carbocycles.